The van der Waals surface area contributed by atoms with Gasteiger partial charge in [0.05, 0.1) is 13.5 Å². The molecule has 0 saturated carbocycles. The zero-order valence-electron chi connectivity index (χ0n) is 20.3. The molecule has 35 heavy (non-hydrogen) atoms. The van der Waals surface area contributed by atoms with Crippen LogP contribution in [-0.2, 0) is 27.8 Å². The number of amides is 2. The highest BCUT2D eigenvalue weighted by Crippen LogP contribution is 2.40. The van der Waals surface area contributed by atoms with E-state index in [1.807, 2.05) is 20.8 Å². The van der Waals surface area contributed by atoms with Crippen LogP contribution < -0.4 is 10.1 Å². The summed E-state index contributed by atoms with van der Waals surface area (Å²) >= 11 is 1.28. The Morgan fingerprint density at radius 2 is 1.83 bits per heavy atom. The van der Waals surface area contributed by atoms with Crippen LogP contribution in [0.5, 0.6) is 5.75 Å². The molecule has 3 aromatic rings. The van der Waals surface area contributed by atoms with Gasteiger partial charge in [-0.2, -0.15) is 0 Å². The fraction of sp³-hybridized carbons (Fsp3) is 0.391. The molecule has 0 radical (unpaired) electrons. The normalized spacial score (nSPS) is 10.7. The number of nitrogens with zero attached hydrogens (tertiary/aromatic N) is 5. The lowest BCUT2D eigenvalue weighted by Crippen LogP contribution is -2.34. The second kappa shape index (κ2) is 11.6. The molecule has 186 valence electrons. The average Bonchev–Trinajstić information content (AvgIpc) is 3.39. The minimum absolute atomic E-state index is 0.0470. The molecule has 0 aliphatic carbocycles. The highest BCUT2D eigenvalue weighted by molar-refractivity contribution is 7.17. The Labute approximate surface area is 207 Å². The maximum Gasteiger partial charge on any atom is 0.341 e. The molecule has 2 heterocycles. The lowest BCUT2D eigenvalue weighted by atomic mass is 10.0. The topological polar surface area (TPSA) is 129 Å². The largest absolute Gasteiger partial charge is 0.484 e. The van der Waals surface area contributed by atoms with E-state index in [1.165, 1.54) is 23.1 Å². The standard InChI is InChI=1S/C23H28N6O5S/c1-6-29(7-2)19(31)13-34-16-10-8-15(9-11-16)20-14(3)35-22(21(20)23(32)33-5)24-18(30)12-17-25-26-27-28(17)4/h8-11H,6-7,12-13H2,1-5H3,(H,24,30). The van der Waals surface area contributed by atoms with Gasteiger partial charge in [0.1, 0.15) is 16.3 Å². The number of esters is 1. The van der Waals surface area contributed by atoms with Gasteiger partial charge in [-0.05, 0) is 48.9 Å². The summed E-state index contributed by atoms with van der Waals surface area (Å²) in [5.74, 6) is -0.0796. The zero-order chi connectivity index (χ0) is 25.5. The monoisotopic (exact) mass is 500 g/mol. The number of carbonyl (C=O) groups is 3. The predicted octanol–water partition coefficient (Wildman–Crippen LogP) is 2.46. The minimum Gasteiger partial charge on any atom is -0.484 e. The van der Waals surface area contributed by atoms with Crippen molar-refractivity contribution in [1.82, 2.24) is 25.1 Å². The molecule has 12 heteroatoms. The Hall–Kier alpha value is -3.80. The van der Waals surface area contributed by atoms with E-state index in [0.717, 1.165) is 10.4 Å². The number of anilines is 1. The van der Waals surface area contributed by atoms with Crippen molar-refractivity contribution in [1.29, 1.82) is 0 Å². The number of benzene rings is 1. The molecule has 3 rings (SSSR count). The van der Waals surface area contributed by atoms with Crippen LogP contribution in [0.3, 0.4) is 0 Å². The van der Waals surface area contributed by atoms with E-state index in [-0.39, 0.29) is 30.4 Å². The Bertz CT molecular complexity index is 1200. The van der Waals surface area contributed by atoms with Gasteiger partial charge in [0, 0.05) is 30.6 Å². The third kappa shape index (κ3) is 6.01. The van der Waals surface area contributed by atoms with Crippen molar-refractivity contribution in [3.8, 4) is 16.9 Å². The Morgan fingerprint density at radius 3 is 2.40 bits per heavy atom. The number of nitrogens with one attached hydrogen (secondary N) is 1. The van der Waals surface area contributed by atoms with Gasteiger partial charge >= 0.3 is 5.97 Å². The molecule has 0 atom stereocenters. The minimum atomic E-state index is -0.565. The van der Waals surface area contributed by atoms with E-state index < -0.39 is 5.97 Å². The van der Waals surface area contributed by atoms with Gasteiger partial charge in [0.2, 0.25) is 5.91 Å². The number of likely N-dealkylation sites (N-methyl/N-ethyl adjacent to an activating group) is 1. The number of hydrogen-bond acceptors (Lipinski definition) is 9. The first-order valence-corrected chi connectivity index (χ1v) is 11.8. The zero-order valence-corrected chi connectivity index (χ0v) is 21.1. The number of carbonyl (C=O) groups excluding carboxylic acids is 3. The van der Waals surface area contributed by atoms with Gasteiger partial charge in [0.25, 0.3) is 5.91 Å². The van der Waals surface area contributed by atoms with E-state index in [9.17, 15) is 14.4 Å². The van der Waals surface area contributed by atoms with E-state index in [1.54, 1.807) is 36.2 Å². The van der Waals surface area contributed by atoms with Gasteiger partial charge < -0.3 is 19.7 Å². The van der Waals surface area contributed by atoms with E-state index in [4.69, 9.17) is 9.47 Å². The van der Waals surface area contributed by atoms with Crippen LogP contribution in [0.1, 0.15) is 34.9 Å². The number of ether oxygens (including phenoxy) is 2. The molecule has 0 aliphatic heterocycles. The summed E-state index contributed by atoms with van der Waals surface area (Å²) in [6.45, 7) is 6.90. The van der Waals surface area contributed by atoms with Crippen molar-refractivity contribution in [3.63, 3.8) is 0 Å². The summed E-state index contributed by atoms with van der Waals surface area (Å²) in [4.78, 5) is 40.0. The molecule has 0 fully saturated rings. The van der Waals surface area contributed by atoms with E-state index >= 15 is 0 Å². The molecular weight excluding hydrogens is 472 g/mol. The van der Waals surface area contributed by atoms with E-state index in [0.29, 0.717) is 35.2 Å². The molecule has 0 aliphatic rings. The number of hydrogen-bond donors (Lipinski definition) is 1. The quantitative estimate of drug-likeness (QED) is 0.421. The summed E-state index contributed by atoms with van der Waals surface area (Å²) < 4.78 is 12.0. The summed E-state index contributed by atoms with van der Waals surface area (Å²) in [5.41, 5.74) is 1.67. The van der Waals surface area contributed by atoms with Crippen LogP contribution in [0, 0.1) is 6.92 Å². The van der Waals surface area contributed by atoms with Gasteiger partial charge in [-0.25, -0.2) is 9.48 Å². The molecular formula is C23H28N6O5S. The van der Waals surface area contributed by atoms with Crippen LogP contribution in [0.4, 0.5) is 5.00 Å². The third-order valence-electron chi connectivity index (χ3n) is 5.37. The molecule has 1 aromatic carbocycles. The second-order valence-electron chi connectivity index (χ2n) is 7.55. The van der Waals surface area contributed by atoms with Gasteiger partial charge in [-0.3, -0.25) is 9.59 Å². The van der Waals surface area contributed by atoms with Gasteiger partial charge in [0.15, 0.2) is 12.4 Å². The Kier molecular flexibility index (Phi) is 8.53. The smallest absolute Gasteiger partial charge is 0.341 e. The highest BCUT2D eigenvalue weighted by Gasteiger charge is 2.25. The van der Waals surface area contributed by atoms with Crippen LogP contribution >= 0.6 is 11.3 Å². The number of thiophene rings is 1. The van der Waals surface area contributed by atoms with E-state index in [2.05, 4.69) is 20.8 Å². The Balaban J connectivity index is 1.81. The molecule has 2 amide bonds. The van der Waals surface area contributed by atoms with Crippen molar-refractivity contribution in [3.05, 3.63) is 40.5 Å². The lowest BCUT2D eigenvalue weighted by molar-refractivity contribution is -0.133. The number of rotatable bonds is 10. The SMILES string of the molecule is CCN(CC)C(=O)COc1ccc(-c2c(C)sc(NC(=O)Cc3nnnn3C)c2C(=O)OC)cc1. The molecule has 0 unspecified atom stereocenters. The van der Waals surface area contributed by atoms with Crippen LogP contribution in [-0.4, -0.2) is 69.7 Å². The van der Waals surface area contributed by atoms with Gasteiger partial charge in [-0.15, -0.1) is 16.4 Å². The highest BCUT2D eigenvalue weighted by atomic mass is 32.1. The molecule has 0 saturated heterocycles. The number of aromatic nitrogens is 4. The maximum absolute atomic E-state index is 12.7. The van der Waals surface area contributed by atoms with Crippen LogP contribution in [0.15, 0.2) is 24.3 Å². The first-order chi connectivity index (χ1) is 16.8. The fourth-order valence-corrected chi connectivity index (χ4v) is 4.60. The number of tetrazole rings is 1. The summed E-state index contributed by atoms with van der Waals surface area (Å²) in [6, 6.07) is 7.08. The Morgan fingerprint density at radius 1 is 1.14 bits per heavy atom. The lowest BCUT2D eigenvalue weighted by Gasteiger charge is -2.18. The summed E-state index contributed by atoms with van der Waals surface area (Å²) in [6.07, 6.45) is -0.0470. The average molecular weight is 501 g/mol. The van der Waals surface area contributed by atoms with Crippen molar-refractivity contribution in [2.24, 2.45) is 7.05 Å². The molecule has 1 N–H and O–H groups in total. The molecule has 11 nitrogen and oxygen atoms in total. The predicted molar refractivity (Wildman–Crippen MR) is 130 cm³/mol. The van der Waals surface area contributed by atoms with Crippen molar-refractivity contribution >= 4 is 34.1 Å². The fourth-order valence-electron chi connectivity index (χ4n) is 3.52. The van der Waals surface area contributed by atoms with Crippen molar-refractivity contribution in [2.75, 3.05) is 32.1 Å². The molecule has 2 aromatic heterocycles. The van der Waals surface area contributed by atoms with Crippen LogP contribution in [0.25, 0.3) is 11.1 Å². The first-order valence-electron chi connectivity index (χ1n) is 11.0. The molecule has 0 bridgehead atoms. The van der Waals surface area contributed by atoms with Gasteiger partial charge in [-0.1, -0.05) is 12.1 Å². The summed E-state index contributed by atoms with van der Waals surface area (Å²) in [5, 5.41) is 14.2. The number of methoxy groups -OCH3 is 1. The second-order valence-corrected chi connectivity index (χ2v) is 8.78. The number of aryl methyl sites for hydroxylation is 2. The van der Waals surface area contributed by atoms with Crippen LogP contribution in [0.2, 0.25) is 0 Å². The third-order valence-corrected chi connectivity index (χ3v) is 6.40. The first kappa shape index (κ1) is 25.8. The van der Waals surface area contributed by atoms with Crippen molar-refractivity contribution in [2.45, 2.75) is 27.2 Å². The maximum atomic E-state index is 12.7. The van der Waals surface area contributed by atoms with Crippen molar-refractivity contribution < 1.29 is 23.9 Å². The summed E-state index contributed by atoms with van der Waals surface area (Å²) in [7, 11) is 2.93. The molecule has 0 spiro atoms.